The van der Waals surface area contributed by atoms with Gasteiger partial charge in [0.25, 0.3) is 0 Å². The number of aromatic nitrogens is 4. The molecule has 0 amide bonds. The first-order chi connectivity index (χ1) is 18.3. The Bertz CT molecular complexity index is 1350. The third kappa shape index (κ3) is 5.20. The Morgan fingerprint density at radius 1 is 0.605 bits per heavy atom. The van der Waals surface area contributed by atoms with Crippen molar-refractivity contribution in [3.63, 3.8) is 0 Å². The van der Waals surface area contributed by atoms with Crippen molar-refractivity contribution in [3.8, 4) is 0 Å². The Labute approximate surface area is 223 Å². The van der Waals surface area contributed by atoms with Crippen molar-refractivity contribution in [3.05, 3.63) is 72.3 Å². The van der Waals surface area contributed by atoms with Gasteiger partial charge in [0.05, 0.1) is 53.0 Å². The van der Waals surface area contributed by atoms with E-state index in [2.05, 4.69) is 68.4 Å². The van der Waals surface area contributed by atoms with E-state index < -0.39 is 0 Å². The minimum absolute atomic E-state index is 0.805. The molecule has 2 aromatic heterocycles. The summed E-state index contributed by atoms with van der Waals surface area (Å²) in [7, 11) is 7.87. The summed E-state index contributed by atoms with van der Waals surface area (Å²) in [6, 6.07) is 12.7. The number of benzene rings is 2. The second-order valence-electron chi connectivity index (χ2n) is 9.96. The highest BCUT2D eigenvalue weighted by Gasteiger charge is 2.20. The standard InChI is InChI=1S/C28H36N10/c1-21-19-23(29-31-27-33(3)11-12-34(27)4)7-9-25(21)37-15-17-38(18-16-37)26-10-8-24(20-22(26)2)30-32-28-35(5)13-14-36(28)6/h7-14,19-20H,15-18H2,1-6H3/q+2. The van der Waals surface area contributed by atoms with Crippen molar-refractivity contribution < 1.29 is 9.13 Å². The van der Waals surface area contributed by atoms with Crippen LogP contribution in [-0.4, -0.2) is 35.3 Å². The maximum absolute atomic E-state index is 4.46. The third-order valence-electron chi connectivity index (χ3n) is 7.12. The Hall–Kier alpha value is -4.34. The second-order valence-corrected chi connectivity index (χ2v) is 9.96. The fourth-order valence-corrected chi connectivity index (χ4v) is 4.95. The van der Waals surface area contributed by atoms with Crippen LogP contribution in [0.3, 0.4) is 0 Å². The fraction of sp³-hybridized carbons (Fsp3) is 0.357. The van der Waals surface area contributed by atoms with E-state index >= 15 is 0 Å². The zero-order valence-electron chi connectivity index (χ0n) is 23.1. The first kappa shape index (κ1) is 25.3. The Balaban J connectivity index is 1.22. The summed E-state index contributed by atoms with van der Waals surface area (Å²) in [5, 5.41) is 17.8. The van der Waals surface area contributed by atoms with E-state index in [1.165, 1.54) is 22.5 Å². The van der Waals surface area contributed by atoms with Gasteiger partial charge in [-0.15, -0.1) is 0 Å². The predicted octanol–water partition coefficient (Wildman–Crippen LogP) is 4.79. The highest BCUT2D eigenvalue weighted by molar-refractivity contribution is 5.62. The molecule has 0 saturated carbocycles. The van der Waals surface area contributed by atoms with E-state index in [1.54, 1.807) is 0 Å². The maximum atomic E-state index is 4.46. The van der Waals surface area contributed by atoms with E-state index in [1.807, 2.05) is 83.4 Å². The first-order valence-electron chi connectivity index (χ1n) is 12.9. The Morgan fingerprint density at radius 3 is 1.32 bits per heavy atom. The average molecular weight is 513 g/mol. The van der Waals surface area contributed by atoms with Gasteiger partial charge in [0.2, 0.25) is 0 Å². The lowest BCUT2D eigenvalue weighted by Gasteiger charge is -2.38. The molecule has 0 N–H and O–H groups in total. The summed E-state index contributed by atoms with van der Waals surface area (Å²) >= 11 is 0. The number of imidazole rings is 2. The number of piperazine rings is 1. The van der Waals surface area contributed by atoms with Crippen molar-refractivity contribution in [2.45, 2.75) is 13.8 Å². The number of azo groups is 2. The van der Waals surface area contributed by atoms with Crippen LogP contribution >= 0.6 is 0 Å². The molecule has 10 nitrogen and oxygen atoms in total. The molecule has 0 aliphatic carbocycles. The summed E-state index contributed by atoms with van der Waals surface area (Å²) in [6.07, 6.45) is 7.87. The highest BCUT2D eigenvalue weighted by Crippen LogP contribution is 2.30. The number of anilines is 2. The van der Waals surface area contributed by atoms with Gasteiger partial charge < -0.3 is 9.80 Å². The molecule has 1 aliphatic rings. The Morgan fingerprint density at radius 2 is 1.00 bits per heavy atom. The van der Waals surface area contributed by atoms with Gasteiger partial charge in [-0.2, -0.15) is 0 Å². The van der Waals surface area contributed by atoms with Gasteiger partial charge in [-0.05, 0) is 61.4 Å². The van der Waals surface area contributed by atoms with Gasteiger partial charge in [-0.3, -0.25) is 0 Å². The van der Waals surface area contributed by atoms with Crippen LogP contribution in [0.4, 0.5) is 34.6 Å². The van der Waals surface area contributed by atoms with Crippen LogP contribution in [0.1, 0.15) is 11.1 Å². The summed E-state index contributed by atoms with van der Waals surface area (Å²) in [4.78, 5) is 4.92. The quantitative estimate of drug-likeness (QED) is 0.275. The van der Waals surface area contributed by atoms with Gasteiger partial charge in [-0.25, -0.2) is 18.3 Å². The minimum atomic E-state index is 0.805. The van der Waals surface area contributed by atoms with Gasteiger partial charge in [0.1, 0.15) is 11.4 Å². The molecule has 1 saturated heterocycles. The van der Waals surface area contributed by atoms with E-state index in [0.717, 1.165) is 49.5 Å². The number of rotatable bonds is 6. The summed E-state index contributed by atoms with van der Waals surface area (Å²) in [5.74, 6) is 1.61. The summed E-state index contributed by atoms with van der Waals surface area (Å²) in [6.45, 7) is 8.15. The second kappa shape index (κ2) is 10.6. The Kier molecular flexibility index (Phi) is 7.04. The van der Waals surface area contributed by atoms with Crippen LogP contribution < -0.4 is 18.9 Å². The van der Waals surface area contributed by atoms with Crippen LogP contribution in [0, 0.1) is 13.8 Å². The molecule has 0 unspecified atom stereocenters. The monoisotopic (exact) mass is 512 g/mol. The van der Waals surface area contributed by atoms with Crippen LogP contribution in [0.25, 0.3) is 0 Å². The van der Waals surface area contributed by atoms with E-state index in [4.69, 9.17) is 0 Å². The topological polar surface area (TPSA) is 73.5 Å². The van der Waals surface area contributed by atoms with Gasteiger partial charge in [0.15, 0.2) is 0 Å². The molecule has 0 radical (unpaired) electrons. The SMILES string of the molecule is Cc1cc(N=Nc2n(C)cc[n+]2C)ccc1N1CCN(c2ccc(N=Nc3n(C)cc[n+]3C)cc2C)CC1. The van der Waals surface area contributed by atoms with Crippen LogP contribution in [0.15, 0.2) is 81.6 Å². The van der Waals surface area contributed by atoms with Crippen LogP contribution in [0.5, 0.6) is 0 Å². The predicted molar refractivity (Wildman–Crippen MR) is 148 cm³/mol. The largest absolute Gasteiger partial charge is 0.421 e. The molecule has 0 atom stereocenters. The van der Waals surface area contributed by atoms with Gasteiger partial charge in [-0.1, -0.05) is 10.2 Å². The molecule has 5 rings (SSSR count). The number of nitrogens with zero attached hydrogens (tertiary/aromatic N) is 10. The zero-order chi connectivity index (χ0) is 26.8. The number of hydrogen-bond acceptors (Lipinski definition) is 6. The number of aryl methyl sites for hydroxylation is 6. The van der Waals surface area contributed by atoms with Crippen molar-refractivity contribution in [2.75, 3.05) is 36.0 Å². The number of hydrogen-bond donors (Lipinski definition) is 0. The normalized spacial score (nSPS) is 14.4. The molecule has 3 heterocycles. The van der Waals surface area contributed by atoms with Crippen molar-refractivity contribution in [1.82, 2.24) is 9.13 Å². The molecule has 10 heteroatoms. The van der Waals surface area contributed by atoms with E-state index in [0.29, 0.717) is 0 Å². The maximum Gasteiger partial charge on any atom is 0.421 e. The molecule has 0 bridgehead atoms. The molecule has 1 aliphatic heterocycles. The van der Waals surface area contributed by atoms with E-state index in [-0.39, 0.29) is 0 Å². The summed E-state index contributed by atoms with van der Waals surface area (Å²) in [5.41, 5.74) is 6.66. The zero-order valence-corrected chi connectivity index (χ0v) is 23.1. The lowest BCUT2D eigenvalue weighted by molar-refractivity contribution is -0.657. The summed E-state index contributed by atoms with van der Waals surface area (Å²) < 4.78 is 7.81. The lowest BCUT2D eigenvalue weighted by atomic mass is 10.1. The average Bonchev–Trinajstić information content (AvgIpc) is 3.40. The first-order valence-corrected chi connectivity index (χ1v) is 12.9. The minimum Gasteiger partial charge on any atom is -0.368 e. The molecule has 38 heavy (non-hydrogen) atoms. The molecular formula is C28H36N10+2. The van der Waals surface area contributed by atoms with E-state index in [9.17, 15) is 0 Å². The molecule has 4 aromatic rings. The van der Waals surface area contributed by atoms with Crippen LogP contribution in [0.2, 0.25) is 0 Å². The lowest BCUT2D eigenvalue weighted by Crippen LogP contribution is -2.47. The fourth-order valence-electron chi connectivity index (χ4n) is 4.95. The molecule has 196 valence electrons. The smallest absolute Gasteiger partial charge is 0.368 e. The molecule has 2 aromatic carbocycles. The van der Waals surface area contributed by atoms with Crippen molar-refractivity contribution in [1.29, 1.82) is 0 Å². The van der Waals surface area contributed by atoms with Crippen molar-refractivity contribution >= 4 is 34.6 Å². The van der Waals surface area contributed by atoms with Gasteiger partial charge >= 0.3 is 11.9 Å². The van der Waals surface area contributed by atoms with Crippen molar-refractivity contribution in [2.24, 2.45) is 48.6 Å². The third-order valence-corrected chi connectivity index (χ3v) is 7.12. The highest BCUT2D eigenvalue weighted by atomic mass is 15.3. The van der Waals surface area contributed by atoms with Gasteiger partial charge in [0, 0.05) is 47.8 Å². The van der Waals surface area contributed by atoms with Crippen LogP contribution in [-0.2, 0) is 28.2 Å². The molecule has 0 spiro atoms. The molecule has 1 fully saturated rings. The molecular weight excluding hydrogens is 476 g/mol.